The molecule has 27 heavy (non-hydrogen) atoms. The van der Waals surface area contributed by atoms with Gasteiger partial charge in [-0.25, -0.2) is 4.39 Å². The Labute approximate surface area is 167 Å². The van der Waals surface area contributed by atoms with E-state index in [1.807, 2.05) is 12.1 Å². The number of thioether (sulfide) groups is 1. The molecule has 0 aromatic heterocycles. The Kier molecular flexibility index (Phi) is 8.01. The van der Waals surface area contributed by atoms with Crippen molar-refractivity contribution in [1.29, 1.82) is 0 Å². The van der Waals surface area contributed by atoms with Crippen LogP contribution < -0.4 is 0 Å². The molecule has 0 atom stereocenters. The van der Waals surface area contributed by atoms with Crippen LogP contribution in [0.2, 0.25) is 0 Å². The maximum atomic E-state index is 12.9. The minimum absolute atomic E-state index is 0. The number of rotatable bonds is 5. The van der Waals surface area contributed by atoms with Crippen LogP contribution in [0.1, 0.15) is 24.0 Å². The molecule has 0 N–H and O–H groups in total. The molecule has 2 aromatic carbocycles. The number of halogens is 5. The van der Waals surface area contributed by atoms with Gasteiger partial charge in [0.25, 0.3) is 0 Å². The van der Waals surface area contributed by atoms with Crippen molar-refractivity contribution in [3.8, 4) is 0 Å². The first-order chi connectivity index (χ1) is 12.4. The van der Waals surface area contributed by atoms with Crippen LogP contribution in [0.5, 0.6) is 0 Å². The van der Waals surface area contributed by atoms with Crippen LogP contribution in [0.3, 0.4) is 0 Å². The molecule has 1 heterocycles. The van der Waals surface area contributed by atoms with Crippen molar-refractivity contribution >= 4 is 24.2 Å². The first kappa shape index (κ1) is 22.1. The highest BCUT2D eigenvalue weighted by atomic mass is 35.5. The molecule has 2 aromatic rings. The van der Waals surface area contributed by atoms with Gasteiger partial charge in [0.2, 0.25) is 0 Å². The van der Waals surface area contributed by atoms with Gasteiger partial charge in [0, 0.05) is 16.7 Å². The standard InChI is InChI=1S/C20H21F4NS.ClH/c21-17-5-1-15(2-6-17)9-12-25-13-10-19(11-14-25)26-18-7-3-16(4-8-18)20(22,23)24;/h1-8,19H,9-14H2;1H. The summed E-state index contributed by atoms with van der Waals surface area (Å²) in [5, 5.41) is 0.439. The molecular formula is C20H22ClF4NS. The highest BCUT2D eigenvalue weighted by Gasteiger charge is 2.30. The van der Waals surface area contributed by atoms with Gasteiger partial charge in [0.1, 0.15) is 5.82 Å². The van der Waals surface area contributed by atoms with Crippen LogP contribution in [0, 0.1) is 5.82 Å². The molecule has 7 heteroatoms. The summed E-state index contributed by atoms with van der Waals surface area (Å²) in [6, 6.07) is 12.1. The highest BCUT2D eigenvalue weighted by molar-refractivity contribution is 8.00. The molecule has 3 rings (SSSR count). The van der Waals surface area contributed by atoms with E-state index in [1.54, 1.807) is 23.9 Å². The van der Waals surface area contributed by atoms with Crippen molar-refractivity contribution in [3.63, 3.8) is 0 Å². The number of likely N-dealkylation sites (tertiary alicyclic amines) is 1. The predicted octanol–water partition coefficient (Wildman–Crippen LogP) is 6.07. The molecule has 0 saturated carbocycles. The van der Waals surface area contributed by atoms with Gasteiger partial charge in [-0.3, -0.25) is 0 Å². The van der Waals surface area contributed by atoms with E-state index < -0.39 is 11.7 Å². The Bertz CT molecular complexity index is 695. The largest absolute Gasteiger partial charge is 0.416 e. The van der Waals surface area contributed by atoms with Crippen LogP contribution >= 0.6 is 24.2 Å². The number of benzene rings is 2. The third-order valence-corrected chi connectivity index (χ3v) is 6.00. The molecule has 0 radical (unpaired) electrons. The third-order valence-electron chi connectivity index (χ3n) is 4.65. The van der Waals surface area contributed by atoms with E-state index >= 15 is 0 Å². The zero-order chi connectivity index (χ0) is 18.6. The highest BCUT2D eigenvalue weighted by Crippen LogP contribution is 2.34. The molecule has 0 aliphatic carbocycles. The van der Waals surface area contributed by atoms with Crippen molar-refractivity contribution in [2.75, 3.05) is 19.6 Å². The second kappa shape index (κ2) is 9.80. The van der Waals surface area contributed by atoms with E-state index in [0.717, 1.165) is 61.5 Å². The first-order valence-corrected chi connectivity index (χ1v) is 9.59. The lowest BCUT2D eigenvalue weighted by Gasteiger charge is -2.31. The Morgan fingerprint density at radius 1 is 0.926 bits per heavy atom. The molecule has 1 saturated heterocycles. The van der Waals surface area contributed by atoms with Crippen molar-refractivity contribution < 1.29 is 17.6 Å². The van der Waals surface area contributed by atoms with Gasteiger partial charge in [0.05, 0.1) is 5.56 Å². The molecule has 1 fully saturated rings. The second-order valence-corrected chi connectivity index (χ2v) is 7.93. The topological polar surface area (TPSA) is 3.24 Å². The molecule has 0 spiro atoms. The maximum Gasteiger partial charge on any atom is 0.416 e. The number of alkyl halides is 3. The summed E-state index contributed by atoms with van der Waals surface area (Å²) in [4.78, 5) is 3.29. The van der Waals surface area contributed by atoms with Gasteiger partial charge >= 0.3 is 6.18 Å². The molecule has 1 aliphatic heterocycles. The predicted molar refractivity (Wildman–Crippen MR) is 104 cm³/mol. The van der Waals surface area contributed by atoms with Gasteiger partial charge in [-0.2, -0.15) is 13.2 Å². The van der Waals surface area contributed by atoms with Crippen molar-refractivity contribution in [3.05, 3.63) is 65.5 Å². The molecule has 0 bridgehead atoms. The summed E-state index contributed by atoms with van der Waals surface area (Å²) in [5.41, 5.74) is 0.533. The van der Waals surface area contributed by atoms with Crippen LogP contribution in [-0.4, -0.2) is 29.8 Å². The number of nitrogens with zero attached hydrogens (tertiary/aromatic N) is 1. The van der Waals surface area contributed by atoms with E-state index in [2.05, 4.69) is 4.90 Å². The van der Waals surface area contributed by atoms with Gasteiger partial charge in [-0.05, 0) is 74.3 Å². The summed E-state index contributed by atoms with van der Waals surface area (Å²) in [7, 11) is 0. The first-order valence-electron chi connectivity index (χ1n) is 8.71. The quantitative estimate of drug-likeness (QED) is 0.541. The lowest BCUT2D eigenvalue weighted by Crippen LogP contribution is -2.36. The molecular weight excluding hydrogens is 398 g/mol. The summed E-state index contributed by atoms with van der Waals surface area (Å²) in [5.74, 6) is -0.213. The fourth-order valence-corrected chi connectivity index (χ4v) is 4.23. The van der Waals surface area contributed by atoms with Crippen molar-refractivity contribution in [1.82, 2.24) is 4.90 Å². The van der Waals surface area contributed by atoms with Crippen molar-refractivity contribution in [2.45, 2.75) is 35.6 Å². The summed E-state index contributed by atoms with van der Waals surface area (Å²) in [6.07, 6.45) is -1.33. The molecule has 0 amide bonds. The van der Waals surface area contributed by atoms with Crippen molar-refractivity contribution in [2.24, 2.45) is 0 Å². The zero-order valence-corrected chi connectivity index (χ0v) is 16.3. The fraction of sp³-hybridized carbons (Fsp3) is 0.400. The SMILES string of the molecule is Cl.Fc1ccc(CCN2CCC(Sc3ccc(C(F)(F)F)cc3)CC2)cc1. The monoisotopic (exact) mass is 419 g/mol. The summed E-state index contributed by atoms with van der Waals surface area (Å²) < 4.78 is 50.7. The van der Waals surface area contributed by atoms with E-state index in [1.165, 1.54) is 12.1 Å². The Hall–Kier alpha value is -1.24. The van der Waals surface area contributed by atoms with Gasteiger partial charge in [-0.1, -0.05) is 12.1 Å². The van der Waals surface area contributed by atoms with E-state index in [-0.39, 0.29) is 18.2 Å². The van der Waals surface area contributed by atoms with Gasteiger partial charge in [0.15, 0.2) is 0 Å². The van der Waals surface area contributed by atoms with E-state index in [9.17, 15) is 17.6 Å². The lowest BCUT2D eigenvalue weighted by molar-refractivity contribution is -0.137. The van der Waals surface area contributed by atoms with Crippen LogP contribution in [0.15, 0.2) is 53.4 Å². The van der Waals surface area contributed by atoms with Crippen LogP contribution in [0.25, 0.3) is 0 Å². The zero-order valence-electron chi connectivity index (χ0n) is 14.7. The Balaban J connectivity index is 0.00000261. The molecule has 0 unspecified atom stereocenters. The average Bonchev–Trinajstić information content (AvgIpc) is 2.62. The van der Waals surface area contributed by atoms with Crippen LogP contribution in [0.4, 0.5) is 17.6 Å². The normalized spacial score (nSPS) is 16.1. The lowest BCUT2D eigenvalue weighted by atomic mass is 10.1. The smallest absolute Gasteiger partial charge is 0.303 e. The summed E-state index contributed by atoms with van der Waals surface area (Å²) in [6.45, 7) is 2.92. The van der Waals surface area contributed by atoms with E-state index in [4.69, 9.17) is 0 Å². The maximum absolute atomic E-state index is 12.9. The molecule has 148 valence electrons. The fourth-order valence-electron chi connectivity index (χ4n) is 3.10. The molecule has 1 nitrogen and oxygen atoms in total. The number of hydrogen-bond donors (Lipinski definition) is 0. The van der Waals surface area contributed by atoms with Crippen LogP contribution in [-0.2, 0) is 12.6 Å². The Morgan fingerprint density at radius 3 is 2.07 bits per heavy atom. The second-order valence-electron chi connectivity index (χ2n) is 6.56. The summed E-state index contributed by atoms with van der Waals surface area (Å²) >= 11 is 1.67. The number of piperidine rings is 1. The third kappa shape index (κ3) is 6.70. The average molecular weight is 420 g/mol. The number of hydrogen-bond acceptors (Lipinski definition) is 2. The van der Waals surface area contributed by atoms with Gasteiger partial charge in [-0.15, -0.1) is 24.2 Å². The van der Waals surface area contributed by atoms with E-state index in [0.29, 0.717) is 5.25 Å². The molecule has 1 aliphatic rings. The minimum Gasteiger partial charge on any atom is -0.303 e. The minimum atomic E-state index is -4.28. The Morgan fingerprint density at radius 2 is 1.52 bits per heavy atom. The van der Waals surface area contributed by atoms with Gasteiger partial charge < -0.3 is 4.90 Å².